The van der Waals surface area contributed by atoms with E-state index in [2.05, 4.69) is 10.1 Å². The summed E-state index contributed by atoms with van der Waals surface area (Å²) in [5.74, 6) is -0.0267. The van der Waals surface area contributed by atoms with Crippen molar-refractivity contribution in [3.63, 3.8) is 0 Å². The summed E-state index contributed by atoms with van der Waals surface area (Å²) in [6.45, 7) is 1.95. The lowest BCUT2D eigenvalue weighted by Gasteiger charge is -2.14. The predicted molar refractivity (Wildman–Crippen MR) is 93.7 cm³/mol. The van der Waals surface area contributed by atoms with Crippen LogP contribution in [0.2, 0.25) is 0 Å². The largest absolute Gasteiger partial charge is 0.497 e. The number of amides is 1. The Morgan fingerprint density at radius 3 is 2.56 bits per heavy atom. The fourth-order valence-electron chi connectivity index (χ4n) is 2.14. The first-order valence-electron chi connectivity index (χ1n) is 7.77. The van der Waals surface area contributed by atoms with Gasteiger partial charge in [-0.1, -0.05) is 18.2 Å². The van der Waals surface area contributed by atoms with Crippen LogP contribution >= 0.6 is 0 Å². The van der Waals surface area contributed by atoms with Gasteiger partial charge in [-0.25, -0.2) is 4.79 Å². The molecule has 6 heteroatoms. The Kier molecular flexibility index (Phi) is 6.54. The normalized spacial score (nSPS) is 11.5. The SMILES string of the molecule is COC(=O)c1cccc(NC(=O)C(C)OCc2cccc(OC)c2)c1. The molecule has 0 aliphatic rings. The third-order valence-corrected chi connectivity index (χ3v) is 3.55. The van der Waals surface area contributed by atoms with E-state index in [1.54, 1.807) is 38.3 Å². The Bertz CT molecular complexity index is 744. The molecule has 0 spiro atoms. The number of nitrogens with one attached hydrogen (secondary N) is 1. The molecule has 6 nitrogen and oxygen atoms in total. The lowest BCUT2D eigenvalue weighted by molar-refractivity contribution is -0.127. The maximum Gasteiger partial charge on any atom is 0.337 e. The van der Waals surface area contributed by atoms with E-state index in [4.69, 9.17) is 9.47 Å². The number of ether oxygens (including phenoxy) is 3. The molecule has 0 bridgehead atoms. The summed E-state index contributed by atoms with van der Waals surface area (Å²) in [4.78, 5) is 23.8. The fourth-order valence-corrected chi connectivity index (χ4v) is 2.14. The van der Waals surface area contributed by atoms with E-state index in [0.717, 1.165) is 11.3 Å². The summed E-state index contributed by atoms with van der Waals surface area (Å²) in [6, 6.07) is 14.0. The molecular formula is C19H21NO5. The minimum absolute atomic E-state index is 0.286. The molecule has 2 rings (SSSR count). The van der Waals surface area contributed by atoms with Gasteiger partial charge >= 0.3 is 5.97 Å². The van der Waals surface area contributed by atoms with Gasteiger partial charge in [0.2, 0.25) is 0 Å². The summed E-state index contributed by atoms with van der Waals surface area (Å²) in [5, 5.41) is 2.72. The molecule has 0 aromatic heterocycles. The van der Waals surface area contributed by atoms with Crippen LogP contribution in [0.4, 0.5) is 5.69 Å². The standard InChI is InChI=1S/C19H21NO5/c1-13(25-12-14-6-4-9-17(10-14)23-2)18(21)20-16-8-5-7-15(11-16)19(22)24-3/h4-11,13H,12H2,1-3H3,(H,20,21). The fraction of sp³-hybridized carbons (Fsp3) is 0.263. The van der Waals surface area contributed by atoms with Gasteiger partial charge in [-0.2, -0.15) is 0 Å². The van der Waals surface area contributed by atoms with Crippen LogP contribution < -0.4 is 10.1 Å². The van der Waals surface area contributed by atoms with Crippen LogP contribution in [-0.4, -0.2) is 32.2 Å². The van der Waals surface area contributed by atoms with Crippen LogP contribution in [0.3, 0.4) is 0 Å². The molecule has 0 saturated heterocycles. The van der Waals surface area contributed by atoms with E-state index in [1.807, 2.05) is 24.3 Å². The van der Waals surface area contributed by atoms with Gasteiger partial charge in [-0.05, 0) is 42.8 Å². The highest BCUT2D eigenvalue weighted by molar-refractivity contribution is 5.96. The third kappa shape index (κ3) is 5.32. The zero-order chi connectivity index (χ0) is 18.2. The number of benzene rings is 2. The van der Waals surface area contributed by atoms with E-state index < -0.39 is 12.1 Å². The van der Waals surface area contributed by atoms with Gasteiger partial charge < -0.3 is 19.5 Å². The highest BCUT2D eigenvalue weighted by Crippen LogP contribution is 2.15. The van der Waals surface area contributed by atoms with Gasteiger partial charge in [0, 0.05) is 5.69 Å². The predicted octanol–water partition coefficient (Wildman–Crippen LogP) is 3.03. The highest BCUT2D eigenvalue weighted by Gasteiger charge is 2.15. The van der Waals surface area contributed by atoms with Gasteiger partial charge in [-0.15, -0.1) is 0 Å². The second-order valence-electron chi connectivity index (χ2n) is 5.37. The van der Waals surface area contributed by atoms with Gasteiger partial charge in [-0.3, -0.25) is 4.79 Å². The minimum Gasteiger partial charge on any atom is -0.497 e. The molecule has 0 saturated carbocycles. The Hall–Kier alpha value is -2.86. The summed E-state index contributed by atoms with van der Waals surface area (Å²) < 4.78 is 15.4. The Morgan fingerprint density at radius 1 is 1.08 bits per heavy atom. The monoisotopic (exact) mass is 343 g/mol. The van der Waals surface area contributed by atoms with Crippen molar-refractivity contribution < 1.29 is 23.8 Å². The topological polar surface area (TPSA) is 73.9 Å². The Balaban J connectivity index is 1.92. The molecule has 1 amide bonds. The molecule has 1 unspecified atom stereocenters. The molecule has 0 fully saturated rings. The molecule has 132 valence electrons. The smallest absolute Gasteiger partial charge is 0.337 e. The van der Waals surface area contributed by atoms with E-state index in [9.17, 15) is 9.59 Å². The third-order valence-electron chi connectivity index (χ3n) is 3.55. The maximum atomic E-state index is 12.2. The number of anilines is 1. The second-order valence-corrected chi connectivity index (χ2v) is 5.37. The van der Waals surface area contributed by atoms with Crippen LogP contribution in [0.1, 0.15) is 22.8 Å². The van der Waals surface area contributed by atoms with Crippen molar-refractivity contribution in [1.29, 1.82) is 0 Å². The van der Waals surface area contributed by atoms with Crippen molar-refractivity contribution in [3.05, 3.63) is 59.7 Å². The number of rotatable bonds is 7. The molecular weight excluding hydrogens is 322 g/mol. The highest BCUT2D eigenvalue weighted by atomic mass is 16.5. The Morgan fingerprint density at radius 2 is 1.84 bits per heavy atom. The van der Waals surface area contributed by atoms with Crippen molar-refractivity contribution in [2.75, 3.05) is 19.5 Å². The molecule has 25 heavy (non-hydrogen) atoms. The first-order chi connectivity index (χ1) is 12.0. The van der Waals surface area contributed by atoms with Crippen LogP contribution in [0.15, 0.2) is 48.5 Å². The first kappa shape index (κ1) is 18.5. The molecule has 0 aliphatic carbocycles. The lowest BCUT2D eigenvalue weighted by Crippen LogP contribution is -2.27. The van der Waals surface area contributed by atoms with Crippen LogP contribution in [-0.2, 0) is 20.9 Å². The minimum atomic E-state index is -0.659. The lowest BCUT2D eigenvalue weighted by atomic mass is 10.2. The Labute approximate surface area is 146 Å². The number of esters is 1. The summed E-state index contributed by atoms with van der Waals surface area (Å²) in [7, 11) is 2.90. The van der Waals surface area contributed by atoms with Gasteiger partial charge in [0.15, 0.2) is 0 Å². The molecule has 0 radical (unpaired) electrons. The van der Waals surface area contributed by atoms with Gasteiger partial charge in [0.25, 0.3) is 5.91 Å². The number of hydrogen-bond acceptors (Lipinski definition) is 5. The average molecular weight is 343 g/mol. The van der Waals surface area contributed by atoms with Crippen molar-refractivity contribution in [2.45, 2.75) is 19.6 Å². The van der Waals surface area contributed by atoms with Crippen molar-refractivity contribution in [2.24, 2.45) is 0 Å². The van der Waals surface area contributed by atoms with Crippen molar-refractivity contribution in [3.8, 4) is 5.75 Å². The molecule has 0 heterocycles. The summed E-state index contributed by atoms with van der Waals surface area (Å²) >= 11 is 0. The zero-order valence-electron chi connectivity index (χ0n) is 14.4. The van der Waals surface area contributed by atoms with E-state index in [-0.39, 0.29) is 12.5 Å². The number of carbonyl (C=O) groups is 2. The van der Waals surface area contributed by atoms with E-state index >= 15 is 0 Å². The maximum absolute atomic E-state index is 12.2. The van der Waals surface area contributed by atoms with Crippen LogP contribution in [0.5, 0.6) is 5.75 Å². The molecule has 2 aromatic carbocycles. The molecule has 2 aromatic rings. The first-order valence-corrected chi connectivity index (χ1v) is 7.77. The van der Waals surface area contributed by atoms with Gasteiger partial charge in [0.1, 0.15) is 11.9 Å². The summed E-state index contributed by atoms with van der Waals surface area (Å²) in [5.41, 5.74) is 1.78. The zero-order valence-corrected chi connectivity index (χ0v) is 14.4. The summed E-state index contributed by atoms with van der Waals surface area (Å²) in [6.07, 6.45) is -0.659. The molecule has 1 N–H and O–H groups in total. The second kappa shape index (κ2) is 8.84. The molecule has 0 aliphatic heterocycles. The quantitative estimate of drug-likeness (QED) is 0.782. The average Bonchev–Trinajstić information content (AvgIpc) is 2.65. The van der Waals surface area contributed by atoms with Gasteiger partial charge in [0.05, 0.1) is 26.4 Å². The van der Waals surface area contributed by atoms with Crippen molar-refractivity contribution >= 4 is 17.6 Å². The van der Waals surface area contributed by atoms with Crippen LogP contribution in [0, 0.1) is 0 Å². The van der Waals surface area contributed by atoms with Crippen molar-refractivity contribution in [1.82, 2.24) is 0 Å². The van der Waals surface area contributed by atoms with Crippen LogP contribution in [0.25, 0.3) is 0 Å². The number of methoxy groups -OCH3 is 2. The van der Waals surface area contributed by atoms with E-state index in [0.29, 0.717) is 11.3 Å². The molecule has 1 atom stereocenters. The van der Waals surface area contributed by atoms with E-state index in [1.165, 1.54) is 7.11 Å². The number of carbonyl (C=O) groups excluding carboxylic acids is 2. The number of hydrogen-bond donors (Lipinski definition) is 1.